The summed E-state index contributed by atoms with van der Waals surface area (Å²) in [5, 5.41) is 11.0. The number of halogens is 2. The third-order valence-corrected chi connectivity index (χ3v) is 5.68. The number of carbonyl (C=O) groups excluding carboxylic acids is 2. The highest BCUT2D eigenvalue weighted by molar-refractivity contribution is 7.99. The number of nitrogens with zero attached hydrogens (tertiary/aromatic N) is 4. The fourth-order valence-electron chi connectivity index (χ4n) is 2.92. The van der Waals surface area contributed by atoms with Crippen LogP contribution in [0.5, 0.6) is 0 Å². The standard InChI is InChI=1S/C19H15ClFN5O2S/c20-14-6-1-2-7-16(14)26-9-15(23-24-26)19(28)25-11-29-10-17(25)18(27)22-13-5-3-4-12(21)8-13/h1-9,17H,10-11H2,(H,22,27). The lowest BCUT2D eigenvalue weighted by Gasteiger charge is -2.22. The van der Waals surface area contributed by atoms with Gasteiger partial charge in [-0.15, -0.1) is 16.9 Å². The van der Waals surface area contributed by atoms with Crippen LogP contribution in [-0.4, -0.2) is 49.4 Å². The molecule has 10 heteroatoms. The van der Waals surface area contributed by atoms with Crippen LogP contribution in [0.3, 0.4) is 0 Å². The van der Waals surface area contributed by atoms with Crippen LogP contribution in [0.2, 0.25) is 5.02 Å². The minimum Gasteiger partial charge on any atom is -0.324 e. The van der Waals surface area contributed by atoms with E-state index in [0.717, 1.165) is 0 Å². The molecule has 148 valence electrons. The number of hydrogen-bond acceptors (Lipinski definition) is 5. The van der Waals surface area contributed by atoms with Crippen LogP contribution < -0.4 is 5.32 Å². The average molecular weight is 432 g/mol. The van der Waals surface area contributed by atoms with E-state index in [1.54, 1.807) is 30.3 Å². The lowest BCUT2D eigenvalue weighted by atomic mass is 10.2. The van der Waals surface area contributed by atoms with E-state index in [2.05, 4.69) is 15.6 Å². The normalized spacial score (nSPS) is 16.1. The molecule has 0 spiro atoms. The first kappa shape index (κ1) is 19.4. The zero-order valence-electron chi connectivity index (χ0n) is 15.0. The van der Waals surface area contributed by atoms with Crippen LogP contribution in [0.1, 0.15) is 10.5 Å². The Morgan fingerprint density at radius 1 is 1.21 bits per heavy atom. The van der Waals surface area contributed by atoms with Crippen molar-refractivity contribution >= 4 is 40.9 Å². The Morgan fingerprint density at radius 3 is 2.83 bits per heavy atom. The molecule has 7 nitrogen and oxygen atoms in total. The van der Waals surface area contributed by atoms with E-state index < -0.39 is 17.8 Å². The average Bonchev–Trinajstić information content (AvgIpc) is 3.38. The highest BCUT2D eigenvalue weighted by atomic mass is 35.5. The molecular formula is C19H15ClFN5O2S. The predicted molar refractivity (Wildman–Crippen MR) is 109 cm³/mol. The van der Waals surface area contributed by atoms with Crippen molar-refractivity contribution in [3.8, 4) is 5.69 Å². The van der Waals surface area contributed by atoms with Crippen molar-refractivity contribution in [3.05, 3.63) is 71.3 Å². The molecule has 1 N–H and O–H groups in total. The number of benzene rings is 2. The lowest BCUT2D eigenvalue weighted by molar-refractivity contribution is -0.119. The van der Waals surface area contributed by atoms with Gasteiger partial charge in [0.1, 0.15) is 11.9 Å². The molecule has 1 saturated heterocycles. The molecule has 3 aromatic rings. The van der Waals surface area contributed by atoms with Gasteiger partial charge in [-0.25, -0.2) is 9.07 Å². The highest BCUT2D eigenvalue weighted by Crippen LogP contribution is 2.25. The molecule has 1 fully saturated rings. The second kappa shape index (κ2) is 8.22. The number of para-hydroxylation sites is 1. The fraction of sp³-hybridized carbons (Fsp3) is 0.158. The summed E-state index contributed by atoms with van der Waals surface area (Å²) < 4.78 is 14.8. The van der Waals surface area contributed by atoms with E-state index in [1.807, 2.05) is 0 Å². The van der Waals surface area contributed by atoms with Crippen molar-refractivity contribution in [2.75, 3.05) is 16.9 Å². The molecule has 29 heavy (non-hydrogen) atoms. The Hall–Kier alpha value is -2.91. The number of amides is 2. The third kappa shape index (κ3) is 4.10. The Morgan fingerprint density at radius 2 is 2.03 bits per heavy atom. The summed E-state index contributed by atoms with van der Waals surface area (Å²) in [6.07, 6.45) is 1.48. The van der Waals surface area contributed by atoms with Gasteiger partial charge in [0, 0.05) is 11.4 Å². The summed E-state index contributed by atoms with van der Waals surface area (Å²) in [6, 6.07) is 12.0. The maximum absolute atomic E-state index is 13.3. The first-order valence-electron chi connectivity index (χ1n) is 8.65. The second-order valence-electron chi connectivity index (χ2n) is 6.29. The predicted octanol–water partition coefficient (Wildman–Crippen LogP) is 3.21. The Labute approximate surface area is 174 Å². The number of carbonyl (C=O) groups is 2. The summed E-state index contributed by atoms with van der Waals surface area (Å²) in [7, 11) is 0. The van der Waals surface area contributed by atoms with Crippen LogP contribution in [-0.2, 0) is 4.79 Å². The van der Waals surface area contributed by atoms with E-state index in [-0.39, 0.29) is 11.6 Å². The van der Waals surface area contributed by atoms with Crippen LogP contribution in [0, 0.1) is 5.82 Å². The molecule has 0 bridgehead atoms. The van der Waals surface area contributed by atoms with Gasteiger partial charge in [0.2, 0.25) is 5.91 Å². The Balaban J connectivity index is 1.51. The number of thioether (sulfide) groups is 1. The number of rotatable bonds is 4. The van der Waals surface area contributed by atoms with Gasteiger partial charge < -0.3 is 10.2 Å². The molecule has 0 aliphatic carbocycles. The fourth-order valence-corrected chi connectivity index (χ4v) is 4.29. The Bertz CT molecular complexity index is 1080. The minimum absolute atomic E-state index is 0.107. The maximum Gasteiger partial charge on any atom is 0.277 e. The lowest BCUT2D eigenvalue weighted by Crippen LogP contribution is -2.44. The topological polar surface area (TPSA) is 80.1 Å². The smallest absolute Gasteiger partial charge is 0.277 e. The number of aromatic nitrogens is 3. The second-order valence-corrected chi connectivity index (χ2v) is 7.70. The van der Waals surface area contributed by atoms with Crippen molar-refractivity contribution in [2.45, 2.75) is 6.04 Å². The first-order chi connectivity index (χ1) is 14.0. The van der Waals surface area contributed by atoms with Gasteiger partial charge in [-0.05, 0) is 30.3 Å². The molecule has 1 aliphatic rings. The molecule has 0 saturated carbocycles. The number of nitrogens with one attached hydrogen (secondary N) is 1. The first-order valence-corrected chi connectivity index (χ1v) is 10.2. The van der Waals surface area contributed by atoms with E-state index in [9.17, 15) is 14.0 Å². The summed E-state index contributed by atoms with van der Waals surface area (Å²) in [6.45, 7) is 0. The zero-order chi connectivity index (χ0) is 20.4. The van der Waals surface area contributed by atoms with Crippen molar-refractivity contribution in [3.63, 3.8) is 0 Å². The van der Waals surface area contributed by atoms with Crippen molar-refractivity contribution in [1.82, 2.24) is 19.9 Å². The number of anilines is 1. The molecule has 4 rings (SSSR count). The maximum atomic E-state index is 13.3. The van der Waals surface area contributed by atoms with Gasteiger partial charge in [-0.3, -0.25) is 9.59 Å². The summed E-state index contributed by atoms with van der Waals surface area (Å²) in [5.41, 5.74) is 1.04. The molecular weight excluding hydrogens is 417 g/mol. The van der Waals surface area contributed by atoms with Gasteiger partial charge in [0.25, 0.3) is 5.91 Å². The van der Waals surface area contributed by atoms with Gasteiger partial charge in [0.05, 0.1) is 22.8 Å². The molecule has 1 aliphatic heterocycles. The van der Waals surface area contributed by atoms with Crippen LogP contribution in [0.25, 0.3) is 5.69 Å². The van der Waals surface area contributed by atoms with E-state index in [1.165, 1.54) is 45.7 Å². The quantitative estimate of drug-likeness (QED) is 0.686. The molecule has 2 aromatic carbocycles. The van der Waals surface area contributed by atoms with Crippen molar-refractivity contribution in [2.24, 2.45) is 0 Å². The summed E-state index contributed by atoms with van der Waals surface area (Å²) >= 11 is 7.62. The molecule has 1 aromatic heterocycles. The molecule has 0 radical (unpaired) electrons. The van der Waals surface area contributed by atoms with Crippen LogP contribution in [0.15, 0.2) is 54.7 Å². The summed E-state index contributed by atoms with van der Waals surface area (Å²) in [4.78, 5) is 27.0. The monoisotopic (exact) mass is 431 g/mol. The van der Waals surface area contributed by atoms with Crippen LogP contribution >= 0.6 is 23.4 Å². The third-order valence-electron chi connectivity index (χ3n) is 4.35. The van der Waals surface area contributed by atoms with Crippen LogP contribution in [0.4, 0.5) is 10.1 Å². The molecule has 2 heterocycles. The SMILES string of the molecule is O=C(Nc1cccc(F)c1)C1CSCN1C(=O)c1cn(-c2ccccc2Cl)nn1. The van der Waals surface area contributed by atoms with E-state index >= 15 is 0 Å². The van der Waals surface area contributed by atoms with Crippen molar-refractivity contribution < 1.29 is 14.0 Å². The largest absolute Gasteiger partial charge is 0.324 e. The highest BCUT2D eigenvalue weighted by Gasteiger charge is 2.36. The molecule has 1 atom stereocenters. The van der Waals surface area contributed by atoms with E-state index in [4.69, 9.17) is 11.6 Å². The minimum atomic E-state index is -0.693. The van der Waals surface area contributed by atoms with E-state index in [0.29, 0.717) is 28.0 Å². The molecule has 2 amide bonds. The number of hydrogen-bond donors (Lipinski definition) is 1. The zero-order valence-corrected chi connectivity index (χ0v) is 16.5. The van der Waals surface area contributed by atoms with Crippen molar-refractivity contribution in [1.29, 1.82) is 0 Å². The van der Waals surface area contributed by atoms with Gasteiger partial charge in [0.15, 0.2) is 5.69 Å². The summed E-state index contributed by atoms with van der Waals surface area (Å²) in [5.74, 6) is -0.460. The Kier molecular flexibility index (Phi) is 5.50. The van der Waals surface area contributed by atoms with Gasteiger partial charge in [-0.1, -0.05) is 35.0 Å². The van der Waals surface area contributed by atoms with Gasteiger partial charge >= 0.3 is 0 Å². The van der Waals surface area contributed by atoms with Gasteiger partial charge in [-0.2, -0.15) is 0 Å². The molecule has 1 unspecified atom stereocenters.